The molecule has 3 aliphatic rings. The Kier molecular flexibility index (Phi) is 12.1. The summed E-state index contributed by atoms with van der Waals surface area (Å²) in [5.74, 6) is 4.37. The maximum absolute atomic E-state index is 5.29. The lowest BCUT2D eigenvalue weighted by Gasteiger charge is -2.56. The molecular weight excluding hydrogens is 833 g/mol. The number of unbranched alkanes of at least 4 members (excludes halogenated alkanes) is 1. The van der Waals surface area contributed by atoms with Gasteiger partial charge in [0.1, 0.15) is 12.3 Å². The van der Waals surface area contributed by atoms with Gasteiger partial charge in [-0.1, -0.05) is 122 Å². The second kappa shape index (κ2) is 18.2. The first-order valence-corrected chi connectivity index (χ1v) is 25.3. The lowest BCUT2D eigenvalue weighted by Crippen LogP contribution is -2.58. The first kappa shape index (κ1) is 45.3. The highest BCUT2D eigenvalue weighted by molar-refractivity contribution is 5.90. The molecule has 0 aliphatic carbocycles. The zero-order valence-electron chi connectivity index (χ0n) is 41.8. The molecule has 5 heterocycles. The minimum absolute atomic E-state index is 0.0770. The number of para-hydroxylation sites is 2. The van der Waals surface area contributed by atoms with E-state index in [0.717, 1.165) is 66.0 Å². The summed E-state index contributed by atoms with van der Waals surface area (Å²) >= 11 is 0. The van der Waals surface area contributed by atoms with Gasteiger partial charge in [0.15, 0.2) is 23.3 Å². The maximum Gasteiger partial charge on any atom is 0.178 e. The Morgan fingerprint density at radius 2 is 1.13 bits per heavy atom. The molecule has 0 radical (unpaired) electrons. The maximum atomic E-state index is 5.29. The van der Waals surface area contributed by atoms with E-state index in [9.17, 15) is 0 Å². The first-order valence-electron chi connectivity index (χ1n) is 25.3. The van der Waals surface area contributed by atoms with Crippen molar-refractivity contribution in [1.29, 1.82) is 0 Å². The monoisotopic (exact) mass is 901 g/mol. The van der Waals surface area contributed by atoms with Gasteiger partial charge in [-0.25, -0.2) is 19.9 Å². The number of hydrogen-bond acceptors (Lipinski definition) is 8. The number of anilines is 8. The third-order valence-corrected chi connectivity index (χ3v) is 15.5. The molecule has 5 aromatic carbocycles. The lowest BCUT2D eigenvalue weighted by atomic mass is 9.61. The van der Waals surface area contributed by atoms with Crippen LogP contribution in [-0.2, 0) is 6.42 Å². The Labute approximate surface area is 405 Å². The number of aryl methyl sites for hydroxylation is 4. The molecule has 68 heavy (non-hydrogen) atoms. The second-order valence-electron chi connectivity index (χ2n) is 20.3. The van der Waals surface area contributed by atoms with Gasteiger partial charge in [-0.15, -0.1) is 0 Å². The van der Waals surface area contributed by atoms with Crippen LogP contribution in [0.4, 0.5) is 46.0 Å². The van der Waals surface area contributed by atoms with Gasteiger partial charge in [0.05, 0.1) is 0 Å². The van der Waals surface area contributed by atoms with E-state index in [1.807, 2.05) is 24.8 Å². The Bertz CT molecular complexity index is 2910. The lowest BCUT2D eigenvalue weighted by molar-refractivity contribution is 0.136. The van der Waals surface area contributed by atoms with Crippen LogP contribution in [0.1, 0.15) is 137 Å². The second-order valence-corrected chi connectivity index (χ2v) is 20.3. The summed E-state index contributed by atoms with van der Waals surface area (Å²) in [7, 11) is 0. The van der Waals surface area contributed by atoms with Gasteiger partial charge in [-0.3, -0.25) is 0 Å². The van der Waals surface area contributed by atoms with E-state index in [1.54, 1.807) is 0 Å². The third kappa shape index (κ3) is 7.42. The third-order valence-electron chi connectivity index (χ3n) is 15.5. The predicted molar refractivity (Wildman–Crippen MR) is 283 cm³/mol. The van der Waals surface area contributed by atoms with Crippen LogP contribution in [0.3, 0.4) is 0 Å². The molecule has 3 aliphatic heterocycles. The van der Waals surface area contributed by atoms with Gasteiger partial charge < -0.3 is 19.6 Å². The van der Waals surface area contributed by atoms with E-state index >= 15 is 0 Å². The van der Waals surface area contributed by atoms with Crippen molar-refractivity contribution in [2.45, 2.75) is 138 Å². The Morgan fingerprint density at radius 1 is 0.559 bits per heavy atom. The summed E-state index contributed by atoms with van der Waals surface area (Å²) < 4.78 is 0. The van der Waals surface area contributed by atoms with Gasteiger partial charge in [0, 0.05) is 53.0 Å². The van der Waals surface area contributed by atoms with Crippen LogP contribution in [0.2, 0.25) is 0 Å². The average Bonchev–Trinajstić information content (AvgIpc) is 3.87. The molecule has 0 saturated heterocycles. The van der Waals surface area contributed by atoms with Crippen LogP contribution in [0.25, 0.3) is 11.1 Å². The minimum atomic E-state index is -0.281. The van der Waals surface area contributed by atoms with Crippen molar-refractivity contribution in [2.75, 3.05) is 19.6 Å². The van der Waals surface area contributed by atoms with Gasteiger partial charge in [-0.2, -0.15) is 0 Å². The van der Waals surface area contributed by atoms with Crippen LogP contribution in [-0.4, -0.2) is 32.3 Å². The van der Waals surface area contributed by atoms with Crippen molar-refractivity contribution in [2.24, 2.45) is 5.41 Å². The van der Waals surface area contributed by atoms with Gasteiger partial charge in [0.2, 0.25) is 0 Å². The first-order chi connectivity index (χ1) is 33.0. The summed E-state index contributed by atoms with van der Waals surface area (Å²) in [5.41, 5.74) is 16.3. The molecular formula is C60H68N8. The smallest absolute Gasteiger partial charge is 0.178 e. The van der Waals surface area contributed by atoms with Gasteiger partial charge >= 0.3 is 0 Å². The largest absolute Gasteiger partial charge is 0.302 e. The number of fused-ring (bicyclic) bond motifs is 6. The molecule has 7 aromatic rings. The molecule has 10 rings (SSSR count). The van der Waals surface area contributed by atoms with Crippen LogP contribution in [0, 0.1) is 26.2 Å². The van der Waals surface area contributed by atoms with Crippen molar-refractivity contribution in [1.82, 2.24) is 19.9 Å². The molecule has 8 nitrogen and oxygen atoms in total. The summed E-state index contributed by atoms with van der Waals surface area (Å²) in [5, 5.41) is 0. The Balaban J connectivity index is 1.26. The van der Waals surface area contributed by atoms with E-state index in [0.29, 0.717) is 11.8 Å². The number of rotatable bonds is 13. The molecule has 0 amide bonds. The van der Waals surface area contributed by atoms with Crippen LogP contribution in [0.15, 0.2) is 128 Å². The zero-order valence-corrected chi connectivity index (χ0v) is 41.8. The fourth-order valence-electron chi connectivity index (χ4n) is 12.3. The highest BCUT2D eigenvalue weighted by atomic mass is 15.5. The molecule has 3 unspecified atom stereocenters. The molecule has 3 atom stereocenters. The molecule has 0 fully saturated rings. The number of hydrogen-bond donors (Lipinski definition) is 0. The van der Waals surface area contributed by atoms with E-state index in [2.05, 4.69) is 192 Å². The van der Waals surface area contributed by atoms with Gasteiger partial charge in [-0.05, 0) is 157 Å². The fraction of sp³-hybridized carbons (Fsp3) is 0.367. The van der Waals surface area contributed by atoms with Crippen molar-refractivity contribution in [3.8, 4) is 11.1 Å². The molecule has 8 heteroatoms. The predicted octanol–water partition coefficient (Wildman–Crippen LogP) is 15.7. The summed E-state index contributed by atoms with van der Waals surface area (Å²) in [4.78, 5) is 30.9. The van der Waals surface area contributed by atoms with Crippen LogP contribution >= 0.6 is 0 Å². The molecule has 0 saturated carbocycles. The highest BCUT2D eigenvalue weighted by Gasteiger charge is 2.59. The summed E-state index contributed by atoms with van der Waals surface area (Å²) in [6.45, 7) is 23.2. The summed E-state index contributed by atoms with van der Waals surface area (Å²) in [6, 6.07) is 39.1. The standard InChI is InChI=1S/C60H68N8/c1-11-14-21-43-34-48(38(4)5)54(49(35-43)39(6)7)44-25-26-47-50(37-53-65(45-22-16-15-17-23-45)55-57(63-29-27-61-55)67(53)51-24-19-18-20-42(51)10)60(12-2,13-3)59-66(46-32-40(8)31-41(9)33-46)56-58(64-30-28-62-56)68(59)52(47)36-44/h15-20,22-36,38-39,50,53,59H,11-14,21,37H2,1-10H3. The van der Waals surface area contributed by atoms with E-state index < -0.39 is 0 Å². The topological polar surface area (TPSA) is 64.5 Å². The normalized spacial score (nSPS) is 18.0. The van der Waals surface area contributed by atoms with E-state index in [-0.39, 0.29) is 23.7 Å². The van der Waals surface area contributed by atoms with Crippen LogP contribution < -0.4 is 19.6 Å². The van der Waals surface area contributed by atoms with E-state index in [4.69, 9.17) is 19.9 Å². The highest BCUT2D eigenvalue weighted by Crippen LogP contribution is 2.64. The number of benzene rings is 5. The van der Waals surface area contributed by atoms with Gasteiger partial charge in [0.25, 0.3) is 0 Å². The molecule has 0 bridgehead atoms. The average molecular weight is 901 g/mol. The Morgan fingerprint density at radius 3 is 1.72 bits per heavy atom. The summed E-state index contributed by atoms with van der Waals surface area (Å²) in [6.07, 6.45) is 13.3. The van der Waals surface area contributed by atoms with Crippen molar-refractivity contribution in [3.63, 3.8) is 0 Å². The molecule has 0 spiro atoms. The van der Waals surface area contributed by atoms with Crippen LogP contribution in [0.5, 0.6) is 0 Å². The zero-order chi connectivity index (χ0) is 47.4. The molecule has 348 valence electrons. The SMILES string of the molecule is CCCCc1cc(C(C)C)c(-c2ccc3c(c2)N2c4nccnc4N(c4cc(C)cc(C)c4)C2C(CC)(CC)C3CC2N(c3ccccc3)c3nccnc3N2c2ccccc2C)c(C(C)C)c1. The quantitative estimate of drug-likeness (QED) is 0.113. The molecule has 2 aromatic heterocycles. The van der Waals surface area contributed by atoms with Crippen molar-refractivity contribution < 1.29 is 0 Å². The number of nitrogens with zero attached hydrogens (tertiary/aromatic N) is 8. The van der Waals surface area contributed by atoms with Crippen molar-refractivity contribution >= 4 is 46.0 Å². The van der Waals surface area contributed by atoms with Crippen molar-refractivity contribution in [3.05, 3.63) is 167 Å². The Hall–Kier alpha value is -6.54. The fourth-order valence-corrected chi connectivity index (χ4v) is 12.3. The van der Waals surface area contributed by atoms with E-state index in [1.165, 1.54) is 68.6 Å². The minimum Gasteiger partial charge on any atom is -0.302 e. The molecule has 0 N–H and O–H groups in total. The number of aromatic nitrogens is 4.